The molecule has 1 saturated heterocycles. The van der Waals surface area contributed by atoms with Crippen molar-refractivity contribution < 1.29 is 24.2 Å². The number of rotatable bonds is 12. The number of ether oxygens (including phenoxy) is 1. The highest BCUT2D eigenvalue weighted by Gasteiger charge is 2.59. The predicted octanol–water partition coefficient (Wildman–Crippen LogP) is 6.15. The Bertz CT molecular complexity index is 1470. The zero-order chi connectivity index (χ0) is 29.9. The van der Waals surface area contributed by atoms with Crippen LogP contribution in [0.5, 0.6) is 5.88 Å². The molecule has 224 valence electrons. The van der Waals surface area contributed by atoms with Gasteiger partial charge in [-0.05, 0) is 49.7 Å². The second-order valence-corrected chi connectivity index (χ2v) is 11.8. The Balaban J connectivity index is 1.34. The largest absolute Gasteiger partial charge is 0.480 e. The number of imidazole rings is 1. The van der Waals surface area contributed by atoms with Crippen molar-refractivity contribution in [3.8, 4) is 17.1 Å². The number of H-pyrrole nitrogens is 1. The van der Waals surface area contributed by atoms with E-state index in [9.17, 15) is 19.5 Å². The molecule has 3 aromatic rings. The van der Waals surface area contributed by atoms with E-state index < -0.39 is 12.1 Å². The number of nitrogens with one attached hydrogen (secondary N) is 2. The molecule has 1 saturated carbocycles. The molecule has 0 bridgehead atoms. The zero-order valence-electron chi connectivity index (χ0n) is 24.1. The van der Waals surface area contributed by atoms with Gasteiger partial charge in [-0.2, -0.15) is 0 Å². The summed E-state index contributed by atoms with van der Waals surface area (Å²) in [5, 5.41) is 13.7. The number of ketones is 1. The SMILES string of the molecule is CCC(=O)CCCCCC(NC(=O)C1CC12CCN(C(=O)O)CC2)c1nc(Cl)c(-c2cc3ccccc3nc2OC)[nH]1. The average Bonchev–Trinajstić information content (AvgIpc) is 3.55. The number of piperidine rings is 1. The van der Waals surface area contributed by atoms with Crippen LogP contribution in [0.25, 0.3) is 22.2 Å². The summed E-state index contributed by atoms with van der Waals surface area (Å²) in [6.45, 7) is 2.79. The molecule has 3 heterocycles. The molecule has 1 aliphatic heterocycles. The van der Waals surface area contributed by atoms with Gasteiger partial charge in [0.25, 0.3) is 0 Å². The summed E-state index contributed by atoms with van der Waals surface area (Å²) in [4.78, 5) is 50.6. The standard InChI is InChI=1S/C31H38ClN5O5/c1-3-20(38)10-5-4-6-12-24(33-28(39)22-18-31(22)13-15-37(16-14-31)30(40)41)27-35-25(26(32)36-27)21-17-19-9-7-8-11-23(19)34-29(21)42-2/h7-9,11,17,22,24H,3-6,10,12-16,18H2,1-2H3,(H,33,39)(H,35,36)(H,40,41). The van der Waals surface area contributed by atoms with Crippen molar-refractivity contribution in [3.63, 3.8) is 0 Å². The predicted molar refractivity (Wildman–Crippen MR) is 160 cm³/mol. The van der Waals surface area contributed by atoms with Crippen LogP contribution < -0.4 is 10.1 Å². The van der Waals surface area contributed by atoms with Gasteiger partial charge in [0.2, 0.25) is 11.8 Å². The van der Waals surface area contributed by atoms with E-state index in [2.05, 4.69) is 20.3 Å². The smallest absolute Gasteiger partial charge is 0.407 e. The molecule has 2 atom stereocenters. The molecule has 3 N–H and O–H groups in total. The first-order valence-corrected chi connectivity index (χ1v) is 15.1. The number of carbonyl (C=O) groups is 3. The number of pyridine rings is 1. The zero-order valence-corrected chi connectivity index (χ0v) is 24.9. The molecule has 11 heteroatoms. The second-order valence-electron chi connectivity index (χ2n) is 11.5. The third kappa shape index (κ3) is 6.38. The number of hydrogen-bond donors (Lipinski definition) is 3. The van der Waals surface area contributed by atoms with E-state index in [1.54, 1.807) is 7.11 Å². The van der Waals surface area contributed by atoms with E-state index in [-0.39, 0.29) is 28.2 Å². The van der Waals surface area contributed by atoms with Crippen LogP contribution in [0.3, 0.4) is 0 Å². The molecular weight excluding hydrogens is 558 g/mol. The summed E-state index contributed by atoms with van der Waals surface area (Å²) < 4.78 is 5.59. The summed E-state index contributed by atoms with van der Waals surface area (Å²) in [5.41, 5.74) is 1.91. The number of aromatic nitrogens is 3. The summed E-state index contributed by atoms with van der Waals surface area (Å²) in [6, 6.07) is 9.30. The Kier molecular flexibility index (Phi) is 9.01. The van der Waals surface area contributed by atoms with Crippen molar-refractivity contribution in [1.82, 2.24) is 25.2 Å². The van der Waals surface area contributed by atoms with Crippen LogP contribution in [0.1, 0.15) is 76.6 Å². The van der Waals surface area contributed by atoms with Gasteiger partial charge < -0.3 is 25.0 Å². The summed E-state index contributed by atoms with van der Waals surface area (Å²) in [7, 11) is 1.56. The third-order valence-electron chi connectivity index (χ3n) is 8.85. The number of carboxylic acid groups (broad SMARTS) is 1. The minimum absolute atomic E-state index is 0.0380. The van der Waals surface area contributed by atoms with Crippen LogP contribution in [0.15, 0.2) is 30.3 Å². The molecular formula is C31H38ClN5O5. The lowest BCUT2D eigenvalue weighted by Crippen LogP contribution is -2.40. The van der Waals surface area contributed by atoms with Gasteiger partial charge in [-0.25, -0.2) is 14.8 Å². The molecule has 1 aromatic carbocycles. The van der Waals surface area contributed by atoms with E-state index in [0.717, 1.165) is 36.6 Å². The number of benzene rings is 1. The van der Waals surface area contributed by atoms with Gasteiger partial charge in [0, 0.05) is 37.2 Å². The monoisotopic (exact) mass is 595 g/mol. The number of para-hydroxylation sites is 1. The molecule has 0 radical (unpaired) electrons. The maximum Gasteiger partial charge on any atom is 0.407 e. The van der Waals surface area contributed by atoms with E-state index in [4.69, 9.17) is 16.3 Å². The Morgan fingerprint density at radius 2 is 1.95 bits per heavy atom. The number of nitrogens with zero attached hydrogens (tertiary/aromatic N) is 3. The molecule has 2 unspecified atom stereocenters. The Morgan fingerprint density at radius 1 is 1.19 bits per heavy atom. The molecule has 1 aliphatic carbocycles. The minimum atomic E-state index is -0.907. The van der Waals surface area contributed by atoms with Crippen LogP contribution in [-0.4, -0.2) is 62.9 Å². The number of Topliss-reactive ketones (excluding diaryl/α,β-unsaturated/α-hetero) is 1. The van der Waals surface area contributed by atoms with Gasteiger partial charge in [-0.1, -0.05) is 49.6 Å². The van der Waals surface area contributed by atoms with Crippen molar-refractivity contribution in [2.45, 2.75) is 70.8 Å². The van der Waals surface area contributed by atoms with Gasteiger partial charge in [0.15, 0.2) is 5.15 Å². The van der Waals surface area contributed by atoms with E-state index in [1.165, 1.54) is 4.90 Å². The van der Waals surface area contributed by atoms with E-state index in [1.807, 2.05) is 37.3 Å². The minimum Gasteiger partial charge on any atom is -0.480 e. The summed E-state index contributed by atoms with van der Waals surface area (Å²) in [5.74, 6) is 1.04. The maximum atomic E-state index is 13.5. The van der Waals surface area contributed by atoms with Crippen LogP contribution in [0, 0.1) is 11.3 Å². The first kappa shape index (κ1) is 29.8. The third-order valence-corrected chi connectivity index (χ3v) is 9.13. The van der Waals surface area contributed by atoms with Gasteiger partial charge in [-0.15, -0.1) is 0 Å². The van der Waals surface area contributed by atoms with E-state index >= 15 is 0 Å². The van der Waals surface area contributed by atoms with Crippen LogP contribution in [-0.2, 0) is 9.59 Å². The average molecular weight is 596 g/mol. The first-order valence-electron chi connectivity index (χ1n) is 14.7. The molecule has 2 amide bonds. The second kappa shape index (κ2) is 12.7. The van der Waals surface area contributed by atoms with E-state index in [0.29, 0.717) is 68.2 Å². The molecule has 5 rings (SSSR count). The highest BCUT2D eigenvalue weighted by molar-refractivity contribution is 6.32. The number of halogens is 1. The number of carbonyl (C=O) groups excluding carboxylic acids is 2. The van der Waals surface area contributed by atoms with Gasteiger partial charge >= 0.3 is 6.09 Å². The Hall–Kier alpha value is -3.66. The molecule has 42 heavy (non-hydrogen) atoms. The quantitative estimate of drug-likeness (QED) is 0.213. The van der Waals surface area contributed by atoms with Gasteiger partial charge in [0.05, 0.1) is 29.9 Å². The number of hydrogen-bond acceptors (Lipinski definition) is 6. The molecule has 1 spiro atoms. The van der Waals surface area contributed by atoms with Crippen LogP contribution >= 0.6 is 11.6 Å². The number of amides is 2. The number of likely N-dealkylation sites (tertiary alicyclic amines) is 1. The number of fused-ring (bicyclic) bond motifs is 1. The lowest BCUT2D eigenvalue weighted by molar-refractivity contribution is -0.124. The summed E-state index contributed by atoms with van der Waals surface area (Å²) >= 11 is 6.68. The fraction of sp³-hybridized carbons (Fsp3) is 0.516. The lowest BCUT2D eigenvalue weighted by Gasteiger charge is -2.31. The molecule has 2 fully saturated rings. The number of methoxy groups -OCH3 is 1. The number of unbranched alkanes of at least 4 members (excludes halogenated alkanes) is 2. The topological polar surface area (TPSA) is 138 Å². The molecule has 10 nitrogen and oxygen atoms in total. The molecule has 2 aromatic heterocycles. The Labute approximate surface area is 250 Å². The highest BCUT2D eigenvalue weighted by Crippen LogP contribution is 2.59. The highest BCUT2D eigenvalue weighted by atomic mass is 35.5. The fourth-order valence-electron chi connectivity index (χ4n) is 6.13. The normalized spacial score (nSPS) is 18.2. The summed E-state index contributed by atoms with van der Waals surface area (Å²) in [6.07, 6.45) is 5.47. The van der Waals surface area contributed by atoms with Crippen molar-refractivity contribution >= 4 is 40.3 Å². The van der Waals surface area contributed by atoms with Crippen LogP contribution in [0.2, 0.25) is 5.15 Å². The maximum absolute atomic E-state index is 13.5. The van der Waals surface area contributed by atoms with Crippen molar-refractivity contribution in [2.75, 3.05) is 20.2 Å². The van der Waals surface area contributed by atoms with Crippen molar-refractivity contribution in [1.29, 1.82) is 0 Å². The lowest BCUT2D eigenvalue weighted by atomic mass is 9.90. The van der Waals surface area contributed by atoms with Crippen molar-refractivity contribution in [2.24, 2.45) is 11.3 Å². The van der Waals surface area contributed by atoms with Gasteiger partial charge in [-0.3, -0.25) is 9.59 Å². The number of aromatic amines is 1. The first-order chi connectivity index (χ1) is 20.2. The Morgan fingerprint density at radius 3 is 2.67 bits per heavy atom. The molecule has 2 aliphatic rings. The fourth-order valence-corrected chi connectivity index (χ4v) is 6.37. The van der Waals surface area contributed by atoms with Crippen LogP contribution in [0.4, 0.5) is 4.79 Å². The van der Waals surface area contributed by atoms with Gasteiger partial charge in [0.1, 0.15) is 11.6 Å². The van der Waals surface area contributed by atoms with Crippen molar-refractivity contribution in [3.05, 3.63) is 41.3 Å².